The van der Waals surface area contributed by atoms with Gasteiger partial charge in [0, 0.05) is 4.47 Å². The van der Waals surface area contributed by atoms with Gasteiger partial charge < -0.3 is 9.84 Å². The maximum absolute atomic E-state index is 12.8. The SMILES string of the molecule is O=C(O)COc1cccc(/C=C2/SC(=S)N(c3cccc(Br)c3)C2=O)c1. The van der Waals surface area contributed by atoms with Gasteiger partial charge in [-0.1, -0.05) is 58.1 Å². The van der Waals surface area contributed by atoms with Crippen LogP contribution >= 0.6 is 39.9 Å². The van der Waals surface area contributed by atoms with E-state index in [0.717, 1.165) is 10.0 Å². The summed E-state index contributed by atoms with van der Waals surface area (Å²) >= 11 is 9.97. The Labute approximate surface area is 167 Å². The van der Waals surface area contributed by atoms with Gasteiger partial charge in [-0.3, -0.25) is 9.69 Å². The third-order valence-electron chi connectivity index (χ3n) is 3.38. The Morgan fingerprint density at radius 3 is 2.77 bits per heavy atom. The molecule has 1 aliphatic rings. The van der Waals surface area contributed by atoms with Crippen LogP contribution in [0.3, 0.4) is 0 Å². The lowest BCUT2D eigenvalue weighted by Crippen LogP contribution is -2.27. The average Bonchev–Trinajstić information content (AvgIpc) is 2.87. The molecule has 0 aliphatic carbocycles. The van der Waals surface area contributed by atoms with E-state index in [1.165, 1.54) is 16.7 Å². The third-order valence-corrected chi connectivity index (χ3v) is 5.17. The highest BCUT2D eigenvalue weighted by atomic mass is 79.9. The lowest BCUT2D eigenvalue weighted by atomic mass is 10.2. The molecule has 5 nitrogen and oxygen atoms in total. The van der Waals surface area contributed by atoms with Crippen LogP contribution in [0.4, 0.5) is 5.69 Å². The van der Waals surface area contributed by atoms with E-state index in [0.29, 0.717) is 20.7 Å². The molecule has 0 radical (unpaired) electrons. The number of aliphatic carboxylic acids is 1. The molecule has 1 saturated heterocycles. The summed E-state index contributed by atoms with van der Waals surface area (Å²) in [5.41, 5.74) is 1.42. The van der Waals surface area contributed by atoms with Crippen molar-refractivity contribution < 1.29 is 19.4 Å². The number of carboxylic acids is 1. The molecule has 132 valence electrons. The minimum Gasteiger partial charge on any atom is -0.482 e. The zero-order valence-electron chi connectivity index (χ0n) is 13.2. The first kappa shape index (κ1) is 18.6. The van der Waals surface area contributed by atoms with E-state index in [-0.39, 0.29) is 5.91 Å². The summed E-state index contributed by atoms with van der Waals surface area (Å²) < 4.78 is 6.48. The van der Waals surface area contributed by atoms with Crippen LogP contribution in [0.1, 0.15) is 5.56 Å². The summed E-state index contributed by atoms with van der Waals surface area (Å²) in [5.74, 6) is -0.830. The minimum absolute atomic E-state index is 0.199. The Kier molecular flexibility index (Phi) is 5.75. The third kappa shape index (κ3) is 4.32. The lowest BCUT2D eigenvalue weighted by molar-refractivity contribution is -0.139. The molecule has 1 heterocycles. The van der Waals surface area contributed by atoms with Crippen LogP contribution in [-0.2, 0) is 9.59 Å². The van der Waals surface area contributed by atoms with Crippen LogP contribution < -0.4 is 9.64 Å². The van der Waals surface area contributed by atoms with Crippen molar-refractivity contribution >= 4 is 67.9 Å². The maximum Gasteiger partial charge on any atom is 0.341 e. The number of benzene rings is 2. The van der Waals surface area contributed by atoms with Gasteiger partial charge in [-0.25, -0.2) is 4.79 Å². The van der Waals surface area contributed by atoms with Crippen LogP contribution in [0.15, 0.2) is 57.9 Å². The van der Waals surface area contributed by atoms with E-state index < -0.39 is 12.6 Å². The number of thiocarbonyl (C=S) groups is 1. The second kappa shape index (κ2) is 8.03. The van der Waals surface area contributed by atoms with Gasteiger partial charge in [0.05, 0.1) is 10.6 Å². The lowest BCUT2D eigenvalue weighted by Gasteiger charge is -2.14. The number of amides is 1. The molecule has 0 spiro atoms. The van der Waals surface area contributed by atoms with Gasteiger partial charge in [0.2, 0.25) is 0 Å². The topological polar surface area (TPSA) is 66.8 Å². The molecule has 1 amide bonds. The Morgan fingerprint density at radius 1 is 1.27 bits per heavy atom. The molecule has 8 heteroatoms. The molecule has 1 aliphatic heterocycles. The fraction of sp³-hybridized carbons (Fsp3) is 0.0556. The molecule has 1 fully saturated rings. The Hall–Kier alpha value is -2.16. The van der Waals surface area contributed by atoms with Crippen LogP contribution in [0.5, 0.6) is 5.75 Å². The van der Waals surface area contributed by atoms with E-state index in [9.17, 15) is 9.59 Å². The summed E-state index contributed by atoms with van der Waals surface area (Å²) in [6.45, 7) is -0.422. The number of hydrogen-bond donors (Lipinski definition) is 1. The summed E-state index contributed by atoms with van der Waals surface area (Å²) in [6, 6.07) is 14.2. The predicted molar refractivity (Wildman–Crippen MR) is 109 cm³/mol. The first-order valence-corrected chi connectivity index (χ1v) is 9.44. The number of halogens is 1. The molecule has 0 unspecified atom stereocenters. The van der Waals surface area contributed by atoms with Crippen molar-refractivity contribution in [2.75, 3.05) is 11.5 Å². The maximum atomic E-state index is 12.8. The molecule has 1 N–H and O–H groups in total. The average molecular weight is 450 g/mol. The quantitative estimate of drug-likeness (QED) is 0.541. The number of anilines is 1. The van der Waals surface area contributed by atoms with E-state index in [4.69, 9.17) is 22.1 Å². The molecule has 2 aromatic carbocycles. The Balaban J connectivity index is 1.84. The molecule has 2 aromatic rings. The van der Waals surface area contributed by atoms with Crippen molar-refractivity contribution in [2.24, 2.45) is 0 Å². The molecule has 3 rings (SSSR count). The standard InChI is InChI=1S/C18H12BrNO4S2/c19-12-4-2-5-13(9-12)20-17(23)15(26-18(20)25)8-11-3-1-6-14(7-11)24-10-16(21)22/h1-9H,10H2,(H,21,22)/b15-8+. The smallest absolute Gasteiger partial charge is 0.341 e. The fourth-order valence-corrected chi connectivity index (χ4v) is 3.98. The number of hydrogen-bond acceptors (Lipinski definition) is 5. The van der Waals surface area contributed by atoms with Crippen LogP contribution in [0.25, 0.3) is 6.08 Å². The van der Waals surface area contributed by atoms with Gasteiger partial charge >= 0.3 is 5.97 Å². The van der Waals surface area contributed by atoms with Crippen LogP contribution in [-0.4, -0.2) is 27.9 Å². The van der Waals surface area contributed by atoms with Crippen LogP contribution in [0, 0.1) is 0 Å². The molecule has 0 bridgehead atoms. The summed E-state index contributed by atoms with van der Waals surface area (Å²) in [7, 11) is 0. The second-order valence-electron chi connectivity index (χ2n) is 5.25. The van der Waals surface area contributed by atoms with E-state index in [1.807, 2.05) is 24.3 Å². The normalized spacial score (nSPS) is 15.6. The molecule has 0 aromatic heterocycles. The zero-order chi connectivity index (χ0) is 18.7. The predicted octanol–water partition coefficient (Wildman–Crippen LogP) is 4.32. The van der Waals surface area contributed by atoms with Gasteiger partial charge in [0.25, 0.3) is 5.91 Å². The number of carboxylic acid groups (broad SMARTS) is 1. The Morgan fingerprint density at radius 2 is 2.04 bits per heavy atom. The van der Waals surface area contributed by atoms with Crippen molar-refractivity contribution in [3.05, 3.63) is 63.5 Å². The van der Waals surface area contributed by atoms with E-state index >= 15 is 0 Å². The molecular weight excluding hydrogens is 438 g/mol. The van der Waals surface area contributed by atoms with Crippen LogP contribution in [0.2, 0.25) is 0 Å². The van der Waals surface area contributed by atoms with Crippen molar-refractivity contribution in [1.29, 1.82) is 0 Å². The second-order valence-corrected chi connectivity index (χ2v) is 7.84. The minimum atomic E-state index is -1.05. The molecule has 0 atom stereocenters. The number of carbonyl (C=O) groups excluding carboxylic acids is 1. The van der Waals surface area contributed by atoms with E-state index in [1.54, 1.807) is 30.3 Å². The summed E-state index contributed by atoms with van der Waals surface area (Å²) in [6.07, 6.45) is 1.71. The van der Waals surface area contributed by atoms with E-state index in [2.05, 4.69) is 15.9 Å². The molecule has 0 saturated carbocycles. The first-order valence-electron chi connectivity index (χ1n) is 7.42. The summed E-state index contributed by atoms with van der Waals surface area (Å²) in [5, 5.41) is 8.69. The summed E-state index contributed by atoms with van der Waals surface area (Å²) in [4.78, 5) is 25.3. The van der Waals surface area contributed by atoms with Gasteiger partial charge in [0.1, 0.15) is 5.75 Å². The highest BCUT2D eigenvalue weighted by molar-refractivity contribution is 9.10. The van der Waals surface area contributed by atoms with Gasteiger partial charge in [-0.05, 0) is 42.0 Å². The number of thioether (sulfide) groups is 1. The zero-order valence-corrected chi connectivity index (χ0v) is 16.4. The number of rotatable bonds is 5. The number of nitrogens with zero attached hydrogens (tertiary/aromatic N) is 1. The van der Waals surface area contributed by atoms with Crippen molar-refractivity contribution in [1.82, 2.24) is 0 Å². The number of carbonyl (C=O) groups is 2. The fourth-order valence-electron chi connectivity index (χ4n) is 2.30. The highest BCUT2D eigenvalue weighted by Crippen LogP contribution is 2.36. The van der Waals surface area contributed by atoms with Crippen molar-refractivity contribution in [3.8, 4) is 5.75 Å². The monoisotopic (exact) mass is 449 g/mol. The highest BCUT2D eigenvalue weighted by Gasteiger charge is 2.33. The van der Waals surface area contributed by atoms with Crippen molar-refractivity contribution in [2.45, 2.75) is 0 Å². The Bertz CT molecular complexity index is 929. The van der Waals surface area contributed by atoms with Gasteiger partial charge in [-0.2, -0.15) is 0 Å². The van der Waals surface area contributed by atoms with Gasteiger partial charge in [0.15, 0.2) is 10.9 Å². The van der Waals surface area contributed by atoms with Crippen molar-refractivity contribution in [3.63, 3.8) is 0 Å². The first-order chi connectivity index (χ1) is 12.4. The number of ether oxygens (including phenoxy) is 1. The molecular formula is C18H12BrNO4S2. The largest absolute Gasteiger partial charge is 0.482 e. The molecule has 26 heavy (non-hydrogen) atoms. The van der Waals surface area contributed by atoms with Gasteiger partial charge in [-0.15, -0.1) is 0 Å².